The molecule has 1 aromatic heterocycles. The molecule has 2 aliphatic rings. The van der Waals surface area contributed by atoms with E-state index in [0.717, 1.165) is 21.9 Å². The molecule has 3 amide bonds. The van der Waals surface area contributed by atoms with Gasteiger partial charge in [0.2, 0.25) is 6.79 Å². The number of benzene rings is 2. The predicted molar refractivity (Wildman–Crippen MR) is 124 cm³/mol. The van der Waals surface area contributed by atoms with Crippen LogP contribution >= 0.6 is 0 Å². The van der Waals surface area contributed by atoms with E-state index >= 15 is 0 Å². The van der Waals surface area contributed by atoms with Crippen LogP contribution in [0.15, 0.2) is 48.5 Å². The highest BCUT2D eigenvalue weighted by atomic mass is 19.1. The first-order chi connectivity index (χ1) is 16.7. The molecule has 2 aromatic carbocycles. The van der Waals surface area contributed by atoms with Crippen LogP contribution in [-0.4, -0.2) is 40.5 Å². The molecule has 3 aromatic rings. The highest BCUT2D eigenvalue weighted by Gasteiger charge is 2.49. The molecule has 1 N–H and O–H groups in total. The summed E-state index contributed by atoms with van der Waals surface area (Å²) in [5.41, 5.74) is 2.10. The quantitative estimate of drug-likeness (QED) is 0.432. The Morgan fingerprint density at radius 1 is 1.06 bits per heavy atom. The van der Waals surface area contributed by atoms with Crippen molar-refractivity contribution in [1.82, 2.24) is 14.8 Å². The number of Topliss-reactive ketones (excluding diaryl/α,β-unsaturated/α-hetero) is 1. The fourth-order valence-corrected chi connectivity index (χ4v) is 4.60. The van der Waals surface area contributed by atoms with Gasteiger partial charge in [-0.05, 0) is 62.2 Å². The zero-order valence-corrected chi connectivity index (χ0v) is 19.6. The van der Waals surface area contributed by atoms with Gasteiger partial charge in [0.1, 0.15) is 11.4 Å². The van der Waals surface area contributed by atoms with Crippen LogP contribution in [0.5, 0.6) is 11.5 Å². The Bertz CT molecular complexity index is 1360. The van der Waals surface area contributed by atoms with Gasteiger partial charge in [0, 0.05) is 23.5 Å². The smallest absolute Gasteiger partial charge is 0.325 e. The van der Waals surface area contributed by atoms with E-state index in [1.807, 2.05) is 36.6 Å². The lowest BCUT2D eigenvalue weighted by molar-refractivity contribution is -0.130. The zero-order chi connectivity index (χ0) is 24.9. The van der Waals surface area contributed by atoms with Crippen LogP contribution < -0.4 is 14.8 Å². The molecule has 1 atom stereocenters. The molecule has 3 heterocycles. The van der Waals surface area contributed by atoms with Gasteiger partial charge in [-0.3, -0.25) is 14.5 Å². The Morgan fingerprint density at radius 3 is 2.51 bits per heavy atom. The molecule has 1 saturated heterocycles. The number of fused-ring (bicyclic) bond motifs is 1. The molecule has 8 nitrogen and oxygen atoms in total. The fourth-order valence-electron chi connectivity index (χ4n) is 4.60. The number of carbonyl (C=O) groups is 3. The third-order valence-electron chi connectivity index (χ3n) is 6.65. The number of ether oxygens (including phenoxy) is 2. The number of aryl methyl sites for hydroxylation is 1. The van der Waals surface area contributed by atoms with Gasteiger partial charge in [-0.25, -0.2) is 9.18 Å². The number of hydrogen-bond acceptors (Lipinski definition) is 5. The summed E-state index contributed by atoms with van der Waals surface area (Å²) in [5, 5.41) is 2.64. The van der Waals surface area contributed by atoms with Crippen molar-refractivity contribution in [3.63, 3.8) is 0 Å². The summed E-state index contributed by atoms with van der Waals surface area (Å²) in [7, 11) is 0. The first-order valence-electron chi connectivity index (χ1n) is 11.2. The van der Waals surface area contributed by atoms with E-state index in [4.69, 9.17) is 9.47 Å². The number of carbonyl (C=O) groups excluding carboxylic acids is 3. The van der Waals surface area contributed by atoms with Gasteiger partial charge >= 0.3 is 6.03 Å². The minimum Gasteiger partial charge on any atom is -0.454 e. The number of imide groups is 1. The average molecular weight is 477 g/mol. The molecule has 0 radical (unpaired) electrons. The molecule has 0 aliphatic carbocycles. The summed E-state index contributed by atoms with van der Waals surface area (Å²) >= 11 is 0. The van der Waals surface area contributed by atoms with Crippen molar-refractivity contribution in [2.75, 3.05) is 13.3 Å². The topological polar surface area (TPSA) is 89.9 Å². The van der Waals surface area contributed by atoms with Crippen LogP contribution in [0.3, 0.4) is 0 Å². The number of halogens is 1. The second-order valence-corrected chi connectivity index (χ2v) is 8.94. The molecule has 35 heavy (non-hydrogen) atoms. The van der Waals surface area contributed by atoms with Crippen molar-refractivity contribution in [3.8, 4) is 11.5 Å². The van der Waals surface area contributed by atoms with Gasteiger partial charge in [0.05, 0.1) is 6.54 Å². The summed E-state index contributed by atoms with van der Waals surface area (Å²) < 4.78 is 26.1. The number of urea groups is 1. The first kappa shape index (κ1) is 22.6. The van der Waals surface area contributed by atoms with Crippen molar-refractivity contribution in [3.05, 3.63) is 82.4 Å². The van der Waals surface area contributed by atoms with Gasteiger partial charge in [-0.2, -0.15) is 0 Å². The molecule has 0 bridgehead atoms. The van der Waals surface area contributed by atoms with Gasteiger partial charge in [-0.1, -0.05) is 18.2 Å². The maximum atomic E-state index is 13.3. The first-order valence-corrected chi connectivity index (χ1v) is 11.2. The van der Waals surface area contributed by atoms with E-state index in [9.17, 15) is 18.8 Å². The second-order valence-electron chi connectivity index (χ2n) is 8.94. The monoisotopic (exact) mass is 477 g/mol. The SMILES string of the molecule is Cc1cc(C(=O)CN2C(=O)N[C@@](C)(c3ccc(F)cc3)C2=O)c(C)n1Cc1ccc2c(c1)OCO2. The van der Waals surface area contributed by atoms with Gasteiger partial charge in [0.15, 0.2) is 17.3 Å². The number of rotatable bonds is 6. The average Bonchev–Trinajstić information content (AvgIpc) is 3.47. The van der Waals surface area contributed by atoms with Crippen LogP contribution in [0, 0.1) is 19.7 Å². The molecule has 2 aliphatic heterocycles. The van der Waals surface area contributed by atoms with E-state index in [1.165, 1.54) is 24.3 Å². The number of amides is 3. The summed E-state index contributed by atoms with van der Waals surface area (Å²) in [6.45, 7) is 5.60. The Labute approximate surface area is 201 Å². The summed E-state index contributed by atoms with van der Waals surface area (Å²) in [4.78, 5) is 39.9. The molecule has 0 unspecified atom stereocenters. The molecular weight excluding hydrogens is 453 g/mol. The summed E-state index contributed by atoms with van der Waals surface area (Å²) in [6, 6.07) is 12.2. The predicted octanol–water partition coefficient (Wildman–Crippen LogP) is 3.67. The molecular formula is C26H24FN3O5. The fraction of sp³-hybridized carbons (Fsp3) is 0.269. The number of ketones is 1. The number of nitrogens with one attached hydrogen (secondary N) is 1. The number of hydrogen-bond donors (Lipinski definition) is 1. The van der Waals surface area contributed by atoms with E-state index < -0.39 is 29.8 Å². The third-order valence-corrected chi connectivity index (χ3v) is 6.65. The lowest BCUT2D eigenvalue weighted by Crippen LogP contribution is -2.41. The summed E-state index contributed by atoms with van der Waals surface area (Å²) in [5.74, 6) is 0.0339. The van der Waals surface area contributed by atoms with Crippen molar-refractivity contribution < 1.29 is 28.2 Å². The van der Waals surface area contributed by atoms with Crippen LogP contribution in [0.2, 0.25) is 0 Å². The van der Waals surface area contributed by atoms with Crippen molar-refractivity contribution in [2.45, 2.75) is 32.9 Å². The lowest BCUT2D eigenvalue weighted by atomic mass is 9.92. The summed E-state index contributed by atoms with van der Waals surface area (Å²) in [6.07, 6.45) is 0. The van der Waals surface area contributed by atoms with Crippen LogP contribution in [0.25, 0.3) is 0 Å². The maximum absolute atomic E-state index is 13.3. The van der Waals surface area contributed by atoms with E-state index in [1.54, 1.807) is 13.0 Å². The largest absolute Gasteiger partial charge is 0.454 e. The van der Waals surface area contributed by atoms with Crippen LogP contribution in [0.1, 0.15) is 39.8 Å². The Morgan fingerprint density at radius 2 is 1.77 bits per heavy atom. The van der Waals surface area contributed by atoms with E-state index in [-0.39, 0.29) is 12.6 Å². The van der Waals surface area contributed by atoms with Crippen molar-refractivity contribution in [2.24, 2.45) is 0 Å². The van der Waals surface area contributed by atoms with E-state index in [0.29, 0.717) is 29.2 Å². The van der Waals surface area contributed by atoms with Crippen molar-refractivity contribution in [1.29, 1.82) is 0 Å². The highest BCUT2D eigenvalue weighted by molar-refractivity contribution is 6.11. The standard InChI is InChI=1S/C26H24FN3O5/c1-15-10-20(16(2)29(15)12-17-4-9-22-23(11-17)35-14-34-22)21(31)13-30-24(32)26(3,28-25(30)33)18-5-7-19(27)8-6-18/h4-11H,12-14H2,1-3H3,(H,28,33)/t26-/m0/s1. The number of nitrogens with zero attached hydrogens (tertiary/aromatic N) is 2. The second kappa shape index (κ2) is 8.26. The third kappa shape index (κ3) is 3.82. The van der Waals surface area contributed by atoms with Crippen molar-refractivity contribution >= 4 is 17.7 Å². The van der Waals surface area contributed by atoms with Gasteiger partial charge in [-0.15, -0.1) is 0 Å². The molecule has 9 heteroatoms. The molecule has 1 fully saturated rings. The Hall–Kier alpha value is -4.14. The van der Waals surface area contributed by atoms with Crippen LogP contribution in [0.4, 0.5) is 9.18 Å². The number of aromatic nitrogens is 1. The highest BCUT2D eigenvalue weighted by Crippen LogP contribution is 2.33. The van der Waals surface area contributed by atoms with E-state index in [2.05, 4.69) is 5.32 Å². The van der Waals surface area contributed by atoms with Gasteiger partial charge in [0.25, 0.3) is 5.91 Å². The maximum Gasteiger partial charge on any atom is 0.325 e. The minimum absolute atomic E-state index is 0.196. The molecule has 5 rings (SSSR count). The molecule has 0 saturated carbocycles. The van der Waals surface area contributed by atoms with Gasteiger partial charge < -0.3 is 19.4 Å². The zero-order valence-electron chi connectivity index (χ0n) is 19.6. The molecule has 180 valence electrons. The Balaban J connectivity index is 1.35. The normalized spacial score (nSPS) is 18.8. The molecule has 0 spiro atoms. The minimum atomic E-state index is -1.37. The lowest BCUT2D eigenvalue weighted by Gasteiger charge is -2.22. The Kier molecular flexibility index (Phi) is 5.35. The van der Waals surface area contributed by atoms with Crippen LogP contribution in [-0.2, 0) is 16.9 Å².